The van der Waals surface area contributed by atoms with Crippen LogP contribution in [-0.2, 0) is 6.54 Å². The van der Waals surface area contributed by atoms with Crippen LogP contribution in [0.5, 0.6) is 0 Å². The summed E-state index contributed by atoms with van der Waals surface area (Å²) < 4.78 is 1.94. The Kier molecular flexibility index (Phi) is 5.81. The highest BCUT2D eigenvalue weighted by atomic mass is 16.2. The third-order valence-electron chi connectivity index (χ3n) is 4.39. The van der Waals surface area contributed by atoms with Crippen molar-refractivity contribution in [2.24, 2.45) is 0 Å². The standard InChI is InChI=1S/C22H23N3O2/c1-16-15-17(2)25(24-16)14-8-13-23-22(27)20-12-7-6-11-19(20)21(26)18-9-4-3-5-10-18/h3-7,9-12,15H,8,13-14H2,1-2H3,(H,23,27). The Morgan fingerprint density at radius 1 is 0.963 bits per heavy atom. The summed E-state index contributed by atoms with van der Waals surface area (Å²) in [7, 11) is 0. The molecule has 1 heterocycles. The lowest BCUT2D eigenvalue weighted by molar-refractivity contribution is 0.0941. The van der Waals surface area contributed by atoms with Crippen molar-refractivity contribution >= 4 is 11.7 Å². The molecule has 0 bridgehead atoms. The summed E-state index contributed by atoms with van der Waals surface area (Å²) in [4.78, 5) is 25.3. The number of ketones is 1. The van der Waals surface area contributed by atoms with Crippen molar-refractivity contribution < 1.29 is 9.59 Å². The Labute approximate surface area is 159 Å². The maximum atomic E-state index is 12.7. The quantitative estimate of drug-likeness (QED) is 0.517. The second-order valence-corrected chi connectivity index (χ2v) is 6.50. The van der Waals surface area contributed by atoms with Crippen LogP contribution in [0.1, 0.15) is 44.1 Å². The number of nitrogens with zero attached hydrogens (tertiary/aromatic N) is 2. The molecule has 5 nitrogen and oxygen atoms in total. The van der Waals surface area contributed by atoms with Gasteiger partial charge in [-0.2, -0.15) is 5.10 Å². The van der Waals surface area contributed by atoms with Crippen molar-refractivity contribution in [1.29, 1.82) is 0 Å². The summed E-state index contributed by atoms with van der Waals surface area (Å²) in [5.74, 6) is -0.382. The second-order valence-electron chi connectivity index (χ2n) is 6.50. The number of hydrogen-bond acceptors (Lipinski definition) is 3. The van der Waals surface area contributed by atoms with Crippen LogP contribution in [-0.4, -0.2) is 28.0 Å². The molecule has 138 valence electrons. The molecule has 5 heteroatoms. The van der Waals surface area contributed by atoms with E-state index < -0.39 is 0 Å². The number of nitrogens with one attached hydrogen (secondary N) is 1. The van der Waals surface area contributed by atoms with E-state index in [9.17, 15) is 9.59 Å². The number of hydrogen-bond donors (Lipinski definition) is 1. The first-order valence-electron chi connectivity index (χ1n) is 9.04. The highest BCUT2D eigenvalue weighted by molar-refractivity contribution is 6.15. The molecule has 0 aliphatic heterocycles. The normalized spacial score (nSPS) is 10.6. The topological polar surface area (TPSA) is 64.0 Å². The average Bonchev–Trinajstić information content (AvgIpc) is 3.02. The number of carbonyl (C=O) groups is 2. The Morgan fingerprint density at radius 3 is 2.30 bits per heavy atom. The van der Waals surface area contributed by atoms with E-state index in [1.54, 1.807) is 36.4 Å². The van der Waals surface area contributed by atoms with Gasteiger partial charge in [-0.05, 0) is 32.4 Å². The van der Waals surface area contributed by atoms with Gasteiger partial charge in [0.15, 0.2) is 5.78 Å². The molecule has 1 N–H and O–H groups in total. The number of rotatable bonds is 7. The molecule has 0 spiro atoms. The van der Waals surface area contributed by atoms with Crippen LogP contribution < -0.4 is 5.32 Å². The highest BCUT2D eigenvalue weighted by Crippen LogP contribution is 2.15. The lowest BCUT2D eigenvalue weighted by Crippen LogP contribution is -2.27. The van der Waals surface area contributed by atoms with Crippen LogP contribution in [0.25, 0.3) is 0 Å². The van der Waals surface area contributed by atoms with E-state index in [1.807, 2.05) is 42.8 Å². The van der Waals surface area contributed by atoms with E-state index in [1.165, 1.54) is 0 Å². The molecule has 2 aromatic carbocycles. The summed E-state index contributed by atoms with van der Waals surface area (Å²) in [6.07, 6.45) is 0.766. The summed E-state index contributed by atoms with van der Waals surface area (Å²) in [6.45, 7) is 5.24. The van der Waals surface area contributed by atoms with Gasteiger partial charge in [0.1, 0.15) is 0 Å². The highest BCUT2D eigenvalue weighted by Gasteiger charge is 2.17. The first-order chi connectivity index (χ1) is 13.1. The molecule has 0 atom stereocenters. The van der Waals surface area contributed by atoms with E-state index in [0.29, 0.717) is 23.2 Å². The van der Waals surface area contributed by atoms with Gasteiger partial charge in [0.2, 0.25) is 0 Å². The molecular weight excluding hydrogens is 338 g/mol. The molecule has 3 rings (SSSR count). The Balaban J connectivity index is 1.63. The van der Waals surface area contributed by atoms with Gasteiger partial charge in [-0.25, -0.2) is 0 Å². The number of aromatic nitrogens is 2. The maximum absolute atomic E-state index is 12.7. The minimum atomic E-state index is -0.233. The van der Waals surface area contributed by atoms with Crippen LogP contribution in [0.4, 0.5) is 0 Å². The zero-order valence-electron chi connectivity index (χ0n) is 15.6. The Bertz CT molecular complexity index is 945. The lowest BCUT2D eigenvalue weighted by atomic mass is 9.98. The molecule has 0 aliphatic rings. The molecule has 1 amide bonds. The van der Waals surface area contributed by atoms with Crippen molar-refractivity contribution in [2.45, 2.75) is 26.8 Å². The summed E-state index contributed by atoms with van der Waals surface area (Å²) in [6, 6.07) is 18.0. The second kappa shape index (κ2) is 8.45. The maximum Gasteiger partial charge on any atom is 0.252 e. The minimum absolute atomic E-state index is 0.149. The third kappa shape index (κ3) is 4.50. The molecular formula is C22H23N3O2. The van der Waals surface area contributed by atoms with Crippen molar-refractivity contribution in [3.8, 4) is 0 Å². The fourth-order valence-electron chi connectivity index (χ4n) is 3.05. The Hall–Kier alpha value is -3.21. The molecule has 0 radical (unpaired) electrons. The summed E-state index contributed by atoms with van der Waals surface area (Å²) in [5.41, 5.74) is 3.49. The van der Waals surface area contributed by atoms with Gasteiger partial charge in [-0.15, -0.1) is 0 Å². The van der Waals surface area contributed by atoms with Crippen LogP contribution in [0.3, 0.4) is 0 Å². The molecule has 0 saturated carbocycles. The first-order valence-corrected chi connectivity index (χ1v) is 9.04. The van der Waals surface area contributed by atoms with E-state index in [2.05, 4.69) is 10.4 Å². The molecule has 27 heavy (non-hydrogen) atoms. The van der Waals surface area contributed by atoms with Gasteiger partial charge in [0, 0.05) is 29.9 Å². The van der Waals surface area contributed by atoms with E-state index >= 15 is 0 Å². The SMILES string of the molecule is Cc1cc(C)n(CCCNC(=O)c2ccccc2C(=O)c2ccccc2)n1. The first kappa shape index (κ1) is 18.6. The van der Waals surface area contributed by atoms with Crippen LogP contribution in [0.2, 0.25) is 0 Å². The largest absolute Gasteiger partial charge is 0.352 e. The number of carbonyl (C=O) groups excluding carboxylic acids is 2. The van der Waals surface area contributed by atoms with E-state index in [0.717, 1.165) is 24.4 Å². The smallest absolute Gasteiger partial charge is 0.252 e. The average molecular weight is 361 g/mol. The van der Waals surface area contributed by atoms with Gasteiger partial charge in [-0.3, -0.25) is 14.3 Å². The van der Waals surface area contributed by atoms with Crippen LogP contribution in [0.15, 0.2) is 60.7 Å². The van der Waals surface area contributed by atoms with Crippen molar-refractivity contribution in [3.63, 3.8) is 0 Å². The summed E-state index contributed by atoms with van der Waals surface area (Å²) >= 11 is 0. The predicted octanol–water partition coefficient (Wildman–Crippen LogP) is 3.55. The van der Waals surface area contributed by atoms with Gasteiger partial charge >= 0.3 is 0 Å². The molecule has 0 fully saturated rings. The Morgan fingerprint density at radius 2 is 1.63 bits per heavy atom. The molecule has 3 aromatic rings. The van der Waals surface area contributed by atoms with Crippen LogP contribution >= 0.6 is 0 Å². The van der Waals surface area contributed by atoms with Gasteiger partial charge in [0.25, 0.3) is 5.91 Å². The number of aryl methyl sites for hydroxylation is 3. The fourth-order valence-corrected chi connectivity index (χ4v) is 3.05. The van der Waals surface area contributed by atoms with Crippen LogP contribution in [0, 0.1) is 13.8 Å². The summed E-state index contributed by atoms with van der Waals surface area (Å²) in [5, 5.41) is 7.33. The molecule has 0 aliphatic carbocycles. The monoisotopic (exact) mass is 361 g/mol. The molecule has 1 aromatic heterocycles. The number of amides is 1. The van der Waals surface area contributed by atoms with E-state index in [-0.39, 0.29) is 11.7 Å². The minimum Gasteiger partial charge on any atom is -0.352 e. The van der Waals surface area contributed by atoms with E-state index in [4.69, 9.17) is 0 Å². The number of benzene rings is 2. The van der Waals surface area contributed by atoms with Crippen molar-refractivity contribution in [1.82, 2.24) is 15.1 Å². The third-order valence-corrected chi connectivity index (χ3v) is 4.39. The van der Waals surface area contributed by atoms with Gasteiger partial charge in [-0.1, -0.05) is 48.5 Å². The zero-order chi connectivity index (χ0) is 19.2. The van der Waals surface area contributed by atoms with Gasteiger partial charge < -0.3 is 5.32 Å². The predicted molar refractivity (Wildman–Crippen MR) is 105 cm³/mol. The van der Waals surface area contributed by atoms with Crippen molar-refractivity contribution in [3.05, 3.63) is 88.7 Å². The zero-order valence-corrected chi connectivity index (χ0v) is 15.6. The molecule has 0 saturated heterocycles. The molecule has 0 unspecified atom stereocenters. The lowest BCUT2D eigenvalue weighted by Gasteiger charge is -2.10. The van der Waals surface area contributed by atoms with Crippen molar-refractivity contribution in [2.75, 3.05) is 6.54 Å². The fraction of sp³-hybridized carbons (Fsp3) is 0.227. The van der Waals surface area contributed by atoms with Gasteiger partial charge in [0.05, 0.1) is 11.3 Å².